The third-order valence-electron chi connectivity index (χ3n) is 3.43. The van der Waals surface area contributed by atoms with E-state index in [4.69, 9.17) is 0 Å². The molecule has 0 saturated heterocycles. The molecule has 0 atom stereocenters. The number of hydrogen-bond donors (Lipinski definition) is 1. The number of aliphatic hydroxyl groups excluding tert-OH is 1. The van der Waals surface area contributed by atoms with Crippen molar-refractivity contribution in [3.8, 4) is 0 Å². The molecular weight excluding hydrogens is 210 g/mol. The predicted octanol–water partition coefficient (Wildman–Crippen LogP) is 3.63. The lowest BCUT2D eigenvalue weighted by atomic mass is 10.1. The second-order valence-electron chi connectivity index (χ2n) is 4.45. The number of fused-ring (bicyclic) bond motifs is 1. The maximum absolute atomic E-state index is 10.3. The Morgan fingerprint density at radius 2 is 1.88 bits per heavy atom. The molecule has 0 unspecified atom stereocenters. The highest BCUT2D eigenvalue weighted by Gasteiger charge is 2.21. The van der Waals surface area contributed by atoms with Crippen LogP contribution in [-0.2, 0) is 6.54 Å². The minimum atomic E-state index is 0.419. The molecule has 2 nitrogen and oxygen atoms in total. The molecule has 1 aliphatic rings. The fraction of sp³-hybridized carbons (Fsp3) is 0.200. The topological polar surface area (TPSA) is 25.2 Å². The molecule has 0 spiro atoms. The predicted molar refractivity (Wildman–Crippen MR) is 69.7 cm³/mol. The van der Waals surface area contributed by atoms with Gasteiger partial charge >= 0.3 is 0 Å². The number of hydrogen-bond acceptors (Lipinski definition) is 1. The van der Waals surface area contributed by atoms with Crippen molar-refractivity contribution in [1.29, 1.82) is 0 Å². The van der Waals surface area contributed by atoms with Crippen molar-refractivity contribution in [2.45, 2.75) is 19.9 Å². The second-order valence-corrected chi connectivity index (χ2v) is 4.45. The molecule has 86 valence electrons. The van der Waals surface area contributed by atoms with Crippen molar-refractivity contribution in [3.63, 3.8) is 0 Å². The minimum Gasteiger partial charge on any atom is -0.507 e. The lowest BCUT2D eigenvalue weighted by Gasteiger charge is -2.04. The molecular formula is C15H15NO. The summed E-state index contributed by atoms with van der Waals surface area (Å²) in [6, 6.07) is 13.9. The fourth-order valence-corrected chi connectivity index (χ4v) is 2.49. The number of aryl methyl sites for hydroxylation is 1. The van der Waals surface area contributed by atoms with Crippen molar-refractivity contribution in [1.82, 2.24) is 4.57 Å². The smallest absolute Gasteiger partial charge is 0.128 e. The third kappa shape index (κ3) is 1.57. The van der Waals surface area contributed by atoms with Crippen LogP contribution in [0.4, 0.5) is 0 Å². The fourth-order valence-electron chi connectivity index (χ4n) is 2.49. The first-order chi connectivity index (χ1) is 8.27. The Bertz CT molecular complexity index is 578. The van der Waals surface area contributed by atoms with Crippen LogP contribution in [0.1, 0.15) is 23.4 Å². The molecule has 0 bridgehead atoms. The second kappa shape index (κ2) is 3.81. The van der Waals surface area contributed by atoms with E-state index < -0.39 is 0 Å². The number of benzene rings is 1. The SMILES string of the molecule is Cc1ccc2n1CC/C2=C(\O)c1ccccc1. The van der Waals surface area contributed by atoms with Crippen LogP contribution in [-0.4, -0.2) is 9.67 Å². The number of allylic oxidation sites excluding steroid dienone is 1. The summed E-state index contributed by atoms with van der Waals surface area (Å²) in [6.45, 7) is 3.08. The molecule has 0 fully saturated rings. The third-order valence-corrected chi connectivity index (χ3v) is 3.43. The zero-order valence-electron chi connectivity index (χ0n) is 9.85. The monoisotopic (exact) mass is 225 g/mol. The van der Waals surface area contributed by atoms with E-state index in [1.54, 1.807) is 0 Å². The van der Waals surface area contributed by atoms with Crippen molar-refractivity contribution < 1.29 is 5.11 Å². The maximum Gasteiger partial charge on any atom is 0.128 e. The van der Waals surface area contributed by atoms with Gasteiger partial charge in [0, 0.05) is 29.1 Å². The standard InChI is InChI=1S/C15H15NO/c1-11-7-8-14-13(9-10-16(11)14)15(17)12-5-3-2-4-6-12/h2-8,17H,9-10H2,1H3/b15-13+. The first-order valence-corrected chi connectivity index (χ1v) is 5.91. The Kier molecular flexibility index (Phi) is 2.29. The number of aromatic nitrogens is 1. The van der Waals surface area contributed by atoms with Crippen molar-refractivity contribution in [2.24, 2.45) is 0 Å². The summed E-state index contributed by atoms with van der Waals surface area (Å²) < 4.78 is 2.26. The molecule has 2 aromatic rings. The summed E-state index contributed by atoms with van der Waals surface area (Å²) >= 11 is 0. The van der Waals surface area contributed by atoms with E-state index in [0.717, 1.165) is 29.8 Å². The highest BCUT2D eigenvalue weighted by atomic mass is 16.3. The lowest BCUT2D eigenvalue weighted by Crippen LogP contribution is -1.93. The van der Waals surface area contributed by atoms with Crippen LogP contribution in [0.5, 0.6) is 0 Å². The van der Waals surface area contributed by atoms with Gasteiger partial charge in [-0.1, -0.05) is 30.3 Å². The number of nitrogens with zero attached hydrogens (tertiary/aromatic N) is 1. The Morgan fingerprint density at radius 1 is 1.12 bits per heavy atom. The van der Waals surface area contributed by atoms with Crippen molar-refractivity contribution in [3.05, 3.63) is 59.4 Å². The van der Waals surface area contributed by atoms with Gasteiger partial charge in [-0.25, -0.2) is 0 Å². The van der Waals surface area contributed by atoms with E-state index in [1.165, 1.54) is 5.69 Å². The van der Waals surface area contributed by atoms with Crippen LogP contribution >= 0.6 is 0 Å². The molecule has 0 aliphatic carbocycles. The maximum atomic E-state index is 10.3. The van der Waals surface area contributed by atoms with Gasteiger partial charge in [-0.15, -0.1) is 0 Å². The van der Waals surface area contributed by atoms with Crippen molar-refractivity contribution in [2.75, 3.05) is 0 Å². The Morgan fingerprint density at radius 3 is 2.65 bits per heavy atom. The number of rotatable bonds is 1. The molecule has 1 aliphatic heterocycles. The van der Waals surface area contributed by atoms with Crippen LogP contribution in [0.15, 0.2) is 42.5 Å². The molecule has 2 heteroatoms. The molecule has 1 aromatic heterocycles. The zero-order chi connectivity index (χ0) is 11.8. The van der Waals surface area contributed by atoms with E-state index in [1.807, 2.05) is 30.3 Å². The highest BCUT2D eigenvalue weighted by molar-refractivity contribution is 5.87. The summed E-state index contributed by atoms with van der Waals surface area (Å²) in [5.41, 5.74) is 4.37. The van der Waals surface area contributed by atoms with E-state index in [2.05, 4.69) is 23.6 Å². The van der Waals surface area contributed by atoms with E-state index in [0.29, 0.717) is 5.76 Å². The minimum absolute atomic E-state index is 0.419. The molecule has 3 rings (SSSR count). The number of aliphatic hydroxyl groups is 1. The molecule has 17 heavy (non-hydrogen) atoms. The van der Waals surface area contributed by atoms with E-state index >= 15 is 0 Å². The van der Waals surface area contributed by atoms with Crippen molar-refractivity contribution >= 4 is 11.3 Å². The Balaban J connectivity index is 2.11. The molecule has 1 aromatic carbocycles. The zero-order valence-corrected chi connectivity index (χ0v) is 9.85. The lowest BCUT2D eigenvalue weighted by molar-refractivity contribution is 0.512. The summed E-state index contributed by atoms with van der Waals surface area (Å²) in [6.07, 6.45) is 0.914. The van der Waals surface area contributed by atoms with Crippen LogP contribution in [0.25, 0.3) is 11.3 Å². The molecule has 1 N–H and O–H groups in total. The Hall–Kier alpha value is -1.96. The average molecular weight is 225 g/mol. The normalized spacial score (nSPS) is 17.0. The van der Waals surface area contributed by atoms with Gasteiger partial charge in [-0.3, -0.25) is 0 Å². The van der Waals surface area contributed by atoms with E-state index in [9.17, 15) is 5.11 Å². The van der Waals surface area contributed by atoms with Gasteiger partial charge in [0.05, 0.1) is 0 Å². The van der Waals surface area contributed by atoms with Gasteiger partial charge in [0.1, 0.15) is 5.76 Å². The quantitative estimate of drug-likeness (QED) is 0.737. The first kappa shape index (κ1) is 10.2. The van der Waals surface area contributed by atoms with Gasteiger partial charge in [0.25, 0.3) is 0 Å². The summed E-state index contributed by atoms with van der Waals surface area (Å²) in [4.78, 5) is 0. The average Bonchev–Trinajstić information content (AvgIpc) is 2.93. The van der Waals surface area contributed by atoms with Crippen LogP contribution in [0, 0.1) is 6.92 Å². The van der Waals surface area contributed by atoms with Crippen LogP contribution < -0.4 is 0 Å². The largest absolute Gasteiger partial charge is 0.507 e. The molecule has 2 heterocycles. The molecule has 0 amide bonds. The van der Waals surface area contributed by atoms with E-state index in [-0.39, 0.29) is 0 Å². The van der Waals surface area contributed by atoms with Crippen LogP contribution in [0.3, 0.4) is 0 Å². The molecule has 0 saturated carbocycles. The summed E-state index contributed by atoms with van der Waals surface area (Å²) in [5, 5.41) is 10.3. The van der Waals surface area contributed by atoms with Gasteiger partial charge in [0.15, 0.2) is 0 Å². The van der Waals surface area contributed by atoms with Crippen LogP contribution in [0.2, 0.25) is 0 Å². The molecule has 0 radical (unpaired) electrons. The highest BCUT2D eigenvalue weighted by Crippen LogP contribution is 2.34. The summed E-state index contributed by atoms with van der Waals surface area (Å²) in [5.74, 6) is 0.419. The van der Waals surface area contributed by atoms with Gasteiger partial charge in [0.2, 0.25) is 0 Å². The summed E-state index contributed by atoms with van der Waals surface area (Å²) in [7, 11) is 0. The van der Waals surface area contributed by atoms with Gasteiger partial charge < -0.3 is 9.67 Å². The first-order valence-electron chi connectivity index (χ1n) is 5.91. The Labute approximate surface area is 101 Å². The van der Waals surface area contributed by atoms with Gasteiger partial charge in [-0.2, -0.15) is 0 Å². The van der Waals surface area contributed by atoms with Gasteiger partial charge in [-0.05, 0) is 25.5 Å².